The Balaban J connectivity index is 1.83. The van der Waals surface area contributed by atoms with Gasteiger partial charge in [0.25, 0.3) is 0 Å². The molecule has 1 amide bonds. The van der Waals surface area contributed by atoms with Gasteiger partial charge in [0.2, 0.25) is 11.8 Å². The third-order valence-electron chi connectivity index (χ3n) is 4.48. The molecule has 0 aromatic carbocycles. The highest BCUT2D eigenvalue weighted by molar-refractivity contribution is 5.79. The molecule has 3 nitrogen and oxygen atoms in total. The van der Waals surface area contributed by atoms with E-state index >= 15 is 0 Å². The van der Waals surface area contributed by atoms with E-state index in [0.29, 0.717) is 18.9 Å². The van der Waals surface area contributed by atoms with Crippen molar-refractivity contribution in [1.82, 2.24) is 10.2 Å². The van der Waals surface area contributed by atoms with Crippen LogP contribution in [0.15, 0.2) is 0 Å². The van der Waals surface area contributed by atoms with Crippen LogP contribution < -0.4 is 5.32 Å². The van der Waals surface area contributed by atoms with Gasteiger partial charge in [-0.1, -0.05) is 6.92 Å². The molecule has 2 aliphatic rings. The minimum absolute atomic E-state index is 0.100. The number of carbonyl (C=O) groups excluding carboxylic acids is 1. The quantitative estimate of drug-likeness (QED) is 0.862. The summed E-state index contributed by atoms with van der Waals surface area (Å²) in [6.07, 6.45) is 3.62. The van der Waals surface area contributed by atoms with Gasteiger partial charge in [-0.3, -0.25) is 4.79 Å². The summed E-state index contributed by atoms with van der Waals surface area (Å²) < 4.78 is 26.3. The Kier molecular flexibility index (Phi) is 5.35. The van der Waals surface area contributed by atoms with Gasteiger partial charge in [-0.05, 0) is 38.6 Å². The van der Waals surface area contributed by atoms with E-state index < -0.39 is 5.92 Å². The lowest BCUT2D eigenvalue weighted by atomic mass is 9.85. The van der Waals surface area contributed by atoms with E-state index in [0.717, 1.165) is 38.9 Å². The third kappa shape index (κ3) is 4.14. The van der Waals surface area contributed by atoms with Crippen molar-refractivity contribution in [1.29, 1.82) is 0 Å². The fourth-order valence-corrected chi connectivity index (χ4v) is 3.24. The van der Waals surface area contributed by atoms with E-state index in [9.17, 15) is 13.6 Å². The molecule has 0 aromatic rings. The molecule has 1 atom stereocenters. The van der Waals surface area contributed by atoms with E-state index in [1.807, 2.05) is 4.90 Å². The van der Waals surface area contributed by atoms with Crippen molar-refractivity contribution in [2.75, 3.05) is 19.6 Å². The van der Waals surface area contributed by atoms with Crippen molar-refractivity contribution in [3.8, 4) is 0 Å². The number of alkyl halides is 2. The molecule has 116 valence electrons. The molecular formula is C15H26F2N2O. The summed E-state index contributed by atoms with van der Waals surface area (Å²) in [4.78, 5) is 14.3. The topological polar surface area (TPSA) is 32.3 Å². The number of piperidine rings is 1. The van der Waals surface area contributed by atoms with E-state index in [-0.39, 0.29) is 24.7 Å². The lowest BCUT2D eigenvalue weighted by Crippen LogP contribution is -2.50. The molecule has 1 N–H and O–H groups in total. The van der Waals surface area contributed by atoms with Gasteiger partial charge in [0, 0.05) is 37.9 Å². The van der Waals surface area contributed by atoms with E-state index in [2.05, 4.69) is 12.2 Å². The van der Waals surface area contributed by atoms with Crippen LogP contribution in [0.1, 0.15) is 51.9 Å². The summed E-state index contributed by atoms with van der Waals surface area (Å²) in [6.45, 7) is 4.63. The second-order valence-corrected chi connectivity index (χ2v) is 6.21. The molecule has 2 fully saturated rings. The molecule has 1 saturated heterocycles. The van der Waals surface area contributed by atoms with Crippen molar-refractivity contribution < 1.29 is 13.6 Å². The van der Waals surface area contributed by atoms with E-state index in [1.165, 1.54) is 0 Å². The Morgan fingerprint density at radius 1 is 1.30 bits per heavy atom. The van der Waals surface area contributed by atoms with Crippen LogP contribution in [0.25, 0.3) is 0 Å². The minimum Gasteiger partial charge on any atom is -0.341 e. The number of rotatable bonds is 4. The van der Waals surface area contributed by atoms with Gasteiger partial charge < -0.3 is 10.2 Å². The molecule has 0 aromatic heterocycles. The SMILES string of the molecule is CCCNC1CCCN(C(=O)C2CCC(F)(F)CC2)C1. The van der Waals surface area contributed by atoms with Crippen molar-refractivity contribution >= 4 is 5.91 Å². The molecule has 1 unspecified atom stereocenters. The highest BCUT2D eigenvalue weighted by Gasteiger charge is 2.39. The average molecular weight is 288 g/mol. The molecule has 5 heteroatoms. The zero-order valence-electron chi connectivity index (χ0n) is 12.3. The van der Waals surface area contributed by atoms with Crippen molar-refractivity contribution in [2.45, 2.75) is 63.8 Å². The first kappa shape index (κ1) is 15.7. The van der Waals surface area contributed by atoms with Gasteiger partial charge in [0.05, 0.1) is 0 Å². The summed E-state index contributed by atoms with van der Waals surface area (Å²) in [5.74, 6) is -2.63. The maximum absolute atomic E-state index is 13.1. The Morgan fingerprint density at radius 3 is 2.65 bits per heavy atom. The first-order valence-corrected chi connectivity index (χ1v) is 7.92. The largest absolute Gasteiger partial charge is 0.341 e. The van der Waals surface area contributed by atoms with Crippen LogP contribution in [0, 0.1) is 5.92 Å². The maximum Gasteiger partial charge on any atom is 0.248 e. The summed E-state index contributed by atoms with van der Waals surface area (Å²) >= 11 is 0. The van der Waals surface area contributed by atoms with Crippen molar-refractivity contribution in [2.24, 2.45) is 5.92 Å². The van der Waals surface area contributed by atoms with Gasteiger partial charge >= 0.3 is 0 Å². The number of halogens is 2. The van der Waals surface area contributed by atoms with Crippen molar-refractivity contribution in [3.63, 3.8) is 0 Å². The van der Waals surface area contributed by atoms with E-state index in [1.54, 1.807) is 0 Å². The number of nitrogens with one attached hydrogen (secondary N) is 1. The molecule has 1 saturated carbocycles. The summed E-state index contributed by atoms with van der Waals surface area (Å²) in [6, 6.07) is 0.373. The van der Waals surface area contributed by atoms with Crippen LogP contribution in [-0.2, 0) is 4.79 Å². The highest BCUT2D eigenvalue weighted by atomic mass is 19.3. The van der Waals surface area contributed by atoms with Gasteiger partial charge in [0.15, 0.2) is 0 Å². The standard InChI is InChI=1S/C15H26F2N2O/c1-2-9-18-13-4-3-10-19(11-13)14(20)12-5-7-15(16,17)8-6-12/h12-13,18H,2-11H2,1H3. The van der Waals surface area contributed by atoms with Crippen LogP contribution in [0.2, 0.25) is 0 Å². The van der Waals surface area contributed by atoms with Crippen LogP contribution in [0.4, 0.5) is 8.78 Å². The summed E-state index contributed by atoms with van der Waals surface area (Å²) in [5, 5.41) is 3.46. The van der Waals surface area contributed by atoms with Crippen LogP contribution in [0.3, 0.4) is 0 Å². The second kappa shape index (κ2) is 6.83. The lowest BCUT2D eigenvalue weighted by molar-refractivity contribution is -0.141. The maximum atomic E-state index is 13.1. The fraction of sp³-hybridized carbons (Fsp3) is 0.933. The molecule has 1 aliphatic carbocycles. The fourth-order valence-electron chi connectivity index (χ4n) is 3.24. The Bertz CT molecular complexity index is 326. The highest BCUT2D eigenvalue weighted by Crippen LogP contribution is 2.37. The molecule has 1 heterocycles. The zero-order valence-corrected chi connectivity index (χ0v) is 12.3. The molecule has 20 heavy (non-hydrogen) atoms. The monoisotopic (exact) mass is 288 g/mol. The van der Waals surface area contributed by atoms with Crippen LogP contribution in [0.5, 0.6) is 0 Å². The normalized spacial score (nSPS) is 27.6. The van der Waals surface area contributed by atoms with E-state index in [4.69, 9.17) is 0 Å². The summed E-state index contributed by atoms with van der Waals surface area (Å²) in [5.41, 5.74) is 0. The first-order chi connectivity index (χ1) is 9.52. The predicted molar refractivity (Wildman–Crippen MR) is 74.8 cm³/mol. The molecule has 0 bridgehead atoms. The molecule has 0 radical (unpaired) electrons. The Labute approximate surface area is 120 Å². The summed E-state index contributed by atoms with van der Waals surface area (Å²) in [7, 11) is 0. The molecule has 0 spiro atoms. The third-order valence-corrected chi connectivity index (χ3v) is 4.48. The van der Waals surface area contributed by atoms with Gasteiger partial charge in [-0.2, -0.15) is 0 Å². The van der Waals surface area contributed by atoms with Gasteiger partial charge in [-0.15, -0.1) is 0 Å². The number of hydrogen-bond donors (Lipinski definition) is 1. The molecule has 2 rings (SSSR count). The van der Waals surface area contributed by atoms with Crippen LogP contribution >= 0.6 is 0 Å². The first-order valence-electron chi connectivity index (χ1n) is 7.92. The Hall–Kier alpha value is -0.710. The second-order valence-electron chi connectivity index (χ2n) is 6.21. The smallest absolute Gasteiger partial charge is 0.248 e. The predicted octanol–water partition coefficient (Wildman–Crippen LogP) is 2.80. The minimum atomic E-state index is -2.55. The number of amides is 1. The lowest BCUT2D eigenvalue weighted by Gasteiger charge is -2.37. The van der Waals surface area contributed by atoms with Crippen LogP contribution in [-0.4, -0.2) is 42.4 Å². The number of nitrogens with zero attached hydrogens (tertiary/aromatic N) is 1. The van der Waals surface area contributed by atoms with Gasteiger partial charge in [0.1, 0.15) is 0 Å². The zero-order chi connectivity index (χ0) is 14.6. The van der Waals surface area contributed by atoms with Crippen molar-refractivity contribution in [3.05, 3.63) is 0 Å². The van der Waals surface area contributed by atoms with Gasteiger partial charge in [-0.25, -0.2) is 8.78 Å². The Morgan fingerprint density at radius 2 is 2.00 bits per heavy atom. The molecular weight excluding hydrogens is 262 g/mol. The average Bonchev–Trinajstić information content (AvgIpc) is 2.45. The molecule has 1 aliphatic heterocycles. The number of likely N-dealkylation sites (tertiary alicyclic amines) is 1. The number of carbonyl (C=O) groups is 1. The number of hydrogen-bond acceptors (Lipinski definition) is 2.